The van der Waals surface area contributed by atoms with Crippen molar-refractivity contribution in [2.24, 2.45) is 5.10 Å². The number of hydrazone groups is 1. The number of nitrogens with one attached hydrogen (secondary N) is 2. The van der Waals surface area contributed by atoms with E-state index in [1.54, 1.807) is 18.3 Å². The Bertz CT molecular complexity index is 1860. The summed E-state index contributed by atoms with van der Waals surface area (Å²) in [5.41, 5.74) is 8.98. The maximum atomic E-state index is 12.8. The number of nitrogens with zero attached hydrogens (tertiary/aromatic N) is 2. The Kier molecular flexibility index (Phi) is 8.01. The second-order valence-corrected chi connectivity index (χ2v) is 10.6. The highest BCUT2D eigenvalue weighted by molar-refractivity contribution is 7.14. The third kappa shape index (κ3) is 6.37. The van der Waals surface area contributed by atoms with Crippen molar-refractivity contribution < 1.29 is 9.53 Å². The van der Waals surface area contributed by atoms with E-state index in [-0.39, 0.29) is 5.91 Å². The molecular weight excluding hydrogens is 540 g/mol. The van der Waals surface area contributed by atoms with Crippen molar-refractivity contribution in [3.63, 3.8) is 0 Å². The van der Waals surface area contributed by atoms with Crippen molar-refractivity contribution in [2.75, 3.05) is 5.32 Å². The monoisotopic (exact) mass is 568 g/mol. The number of benzene rings is 5. The van der Waals surface area contributed by atoms with Gasteiger partial charge in [-0.3, -0.25) is 4.79 Å². The molecule has 0 spiro atoms. The molecule has 206 valence electrons. The minimum atomic E-state index is -0.299. The van der Waals surface area contributed by atoms with Gasteiger partial charge in [-0.05, 0) is 59.7 Å². The van der Waals surface area contributed by atoms with Crippen LogP contribution in [0.15, 0.2) is 126 Å². The number of amides is 1. The SMILES string of the molecule is Cc1ccc(Nc2nc(-c3ccc(C(=O)N/N=C\c4ccccc4OCc4cccc5ccccc45)cc3)cs2)cc1. The summed E-state index contributed by atoms with van der Waals surface area (Å²) in [5, 5.41) is 12.7. The maximum absolute atomic E-state index is 12.8. The lowest BCUT2D eigenvalue weighted by Crippen LogP contribution is -2.17. The van der Waals surface area contributed by atoms with Crippen LogP contribution in [0.4, 0.5) is 10.8 Å². The minimum absolute atomic E-state index is 0.299. The van der Waals surface area contributed by atoms with Crippen molar-refractivity contribution in [2.45, 2.75) is 13.5 Å². The first-order valence-corrected chi connectivity index (χ1v) is 14.4. The van der Waals surface area contributed by atoms with Crippen molar-refractivity contribution in [1.29, 1.82) is 0 Å². The molecule has 0 aliphatic rings. The Morgan fingerprint density at radius 1 is 0.881 bits per heavy atom. The van der Waals surface area contributed by atoms with Gasteiger partial charge in [0.15, 0.2) is 5.13 Å². The van der Waals surface area contributed by atoms with Crippen LogP contribution in [0.3, 0.4) is 0 Å². The molecule has 0 aliphatic carbocycles. The van der Waals surface area contributed by atoms with Crippen molar-refractivity contribution in [3.8, 4) is 17.0 Å². The molecule has 42 heavy (non-hydrogen) atoms. The largest absolute Gasteiger partial charge is 0.488 e. The lowest BCUT2D eigenvalue weighted by atomic mass is 10.1. The fourth-order valence-electron chi connectivity index (χ4n) is 4.53. The van der Waals surface area contributed by atoms with Crippen LogP contribution in [0.5, 0.6) is 5.75 Å². The summed E-state index contributed by atoms with van der Waals surface area (Å²) in [7, 11) is 0. The molecule has 7 heteroatoms. The Hall–Kier alpha value is -5.27. The number of para-hydroxylation sites is 1. The number of thiazole rings is 1. The minimum Gasteiger partial charge on any atom is -0.488 e. The zero-order valence-electron chi connectivity index (χ0n) is 23.0. The first-order valence-electron chi connectivity index (χ1n) is 13.5. The second kappa shape index (κ2) is 12.5. The highest BCUT2D eigenvalue weighted by Gasteiger charge is 2.09. The zero-order chi connectivity index (χ0) is 28.7. The highest BCUT2D eigenvalue weighted by Crippen LogP contribution is 2.28. The average Bonchev–Trinajstić information content (AvgIpc) is 3.50. The molecule has 0 saturated heterocycles. The van der Waals surface area contributed by atoms with Gasteiger partial charge in [0, 0.05) is 27.8 Å². The molecule has 0 fully saturated rings. The van der Waals surface area contributed by atoms with E-state index in [0.717, 1.165) is 33.2 Å². The van der Waals surface area contributed by atoms with E-state index in [0.29, 0.717) is 17.9 Å². The van der Waals surface area contributed by atoms with Crippen LogP contribution in [-0.4, -0.2) is 17.1 Å². The molecule has 1 amide bonds. The molecule has 5 aromatic carbocycles. The van der Waals surface area contributed by atoms with Gasteiger partial charge in [0.1, 0.15) is 12.4 Å². The third-order valence-electron chi connectivity index (χ3n) is 6.80. The van der Waals surface area contributed by atoms with Gasteiger partial charge in [-0.2, -0.15) is 5.10 Å². The van der Waals surface area contributed by atoms with E-state index < -0.39 is 0 Å². The smallest absolute Gasteiger partial charge is 0.271 e. The van der Waals surface area contributed by atoms with Gasteiger partial charge in [-0.15, -0.1) is 11.3 Å². The summed E-state index contributed by atoms with van der Waals surface area (Å²) in [6.07, 6.45) is 1.60. The molecule has 2 N–H and O–H groups in total. The van der Waals surface area contributed by atoms with Crippen LogP contribution in [0.25, 0.3) is 22.0 Å². The Balaban J connectivity index is 1.07. The van der Waals surface area contributed by atoms with Gasteiger partial charge in [0.05, 0.1) is 11.9 Å². The van der Waals surface area contributed by atoms with Crippen LogP contribution in [0.1, 0.15) is 27.0 Å². The molecule has 0 saturated carbocycles. The Morgan fingerprint density at radius 2 is 1.64 bits per heavy atom. The molecular formula is C35H28N4O2S. The quantitative estimate of drug-likeness (QED) is 0.136. The molecule has 6 aromatic rings. The summed E-state index contributed by atoms with van der Waals surface area (Å²) in [4.78, 5) is 17.4. The molecule has 1 aromatic heterocycles. The molecule has 1 heterocycles. The van der Waals surface area contributed by atoms with Crippen LogP contribution < -0.4 is 15.5 Å². The second-order valence-electron chi connectivity index (χ2n) is 9.77. The fourth-order valence-corrected chi connectivity index (χ4v) is 5.27. The van der Waals surface area contributed by atoms with Crippen LogP contribution in [0.2, 0.25) is 0 Å². The van der Waals surface area contributed by atoms with E-state index in [1.165, 1.54) is 27.7 Å². The topological polar surface area (TPSA) is 75.6 Å². The number of anilines is 2. The molecule has 0 bridgehead atoms. The third-order valence-corrected chi connectivity index (χ3v) is 7.56. The number of rotatable bonds is 9. The molecule has 0 atom stereocenters. The van der Waals surface area contributed by atoms with Gasteiger partial charge >= 0.3 is 0 Å². The number of ether oxygens (including phenoxy) is 1. The predicted molar refractivity (Wildman–Crippen MR) is 172 cm³/mol. The van der Waals surface area contributed by atoms with Gasteiger partial charge < -0.3 is 10.1 Å². The summed E-state index contributed by atoms with van der Waals surface area (Å²) in [6, 6.07) is 37.6. The van der Waals surface area contributed by atoms with Gasteiger partial charge in [-0.1, -0.05) is 84.4 Å². The summed E-state index contributed by atoms with van der Waals surface area (Å²) < 4.78 is 6.15. The molecule has 6 nitrogen and oxygen atoms in total. The Morgan fingerprint density at radius 3 is 2.50 bits per heavy atom. The highest BCUT2D eigenvalue weighted by atomic mass is 32.1. The van der Waals surface area contributed by atoms with E-state index >= 15 is 0 Å². The first kappa shape index (κ1) is 26.9. The lowest BCUT2D eigenvalue weighted by molar-refractivity contribution is 0.0955. The number of hydrogen-bond acceptors (Lipinski definition) is 6. The number of aromatic nitrogens is 1. The van der Waals surface area contributed by atoms with Crippen molar-refractivity contribution in [1.82, 2.24) is 10.4 Å². The maximum Gasteiger partial charge on any atom is 0.271 e. The van der Waals surface area contributed by atoms with Crippen LogP contribution >= 0.6 is 11.3 Å². The van der Waals surface area contributed by atoms with E-state index in [2.05, 4.69) is 64.1 Å². The van der Waals surface area contributed by atoms with Gasteiger partial charge in [0.25, 0.3) is 5.91 Å². The van der Waals surface area contributed by atoms with Crippen molar-refractivity contribution >= 4 is 45.0 Å². The lowest BCUT2D eigenvalue weighted by Gasteiger charge is -2.11. The average molecular weight is 569 g/mol. The molecule has 0 aliphatic heterocycles. The number of aryl methyl sites for hydroxylation is 1. The molecule has 6 rings (SSSR count). The summed E-state index contributed by atoms with van der Waals surface area (Å²) >= 11 is 1.54. The normalized spacial score (nSPS) is 11.1. The standard InChI is InChI=1S/C35H28N4O2S/c1-24-13-19-30(20-14-24)37-35-38-32(23-42-35)26-15-17-27(18-16-26)34(40)39-36-21-28-8-3-5-12-33(28)41-22-29-10-6-9-25-7-2-4-11-31(25)29/h2-21,23H,22H2,1H3,(H,37,38)(H,39,40)/b36-21-. The van der Waals surface area contributed by atoms with Crippen molar-refractivity contribution in [3.05, 3.63) is 143 Å². The zero-order valence-corrected chi connectivity index (χ0v) is 23.8. The van der Waals surface area contributed by atoms with Crippen LogP contribution in [0, 0.1) is 6.92 Å². The summed E-state index contributed by atoms with van der Waals surface area (Å²) in [5.74, 6) is 0.388. The Labute approximate surface area is 248 Å². The first-order chi connectivity index (χ1) is 20.6. The van der Waals surface area contributed by atoms with E-state index in [1.807, 2.05) is 72.1 Å². The van der Waals surface area contributed by atoms with Crippen LogP contribution in [-0.2, 0) is 6.61 Å². The summed E-state index contributed by atoms with van der Waals surface area (Å²) in [6.45, 7) is 2.48. The molecule has 0 unspecified atom stereocenters. The van der Waals surface area contributed by atoms with Gasteiger partial charge in [-0.25, -0.2) is 10.4 Å². The predicted octanol–water partition coefficient (Wildman–Crippen LogP) is 8.36. The van der Waals surface area contributed by atoms with E-state index in [9.17, 15) is 4.79 Å². The number of carbonyl (C=O) groups is 1. The fraction of sp³-hybridized carbons (Fsp3) is 0.0571. The number of hydrogen-bond donors (Lipinski definition) is 2. The molecule has 0 radical (unpaired) electrons. The number of carbonyl (C=O) groups excluding carboxylic acids is 1. The van der Waals surface area contributed by atoms with Gasteiger partial charge in [0.2, 0.25) is 0 Å². The van der Waals surface area contributed by atoms with E-state index in [4.69, 9.17) is 4.74 Å². The number of fused-ring (bicyclic) bond motifs is 1.